The largest absolute Gasteiger partial charge is 0.387 e. The van der Waals surface area contributed by atoms with Crippen molar-refractivity contribution < 1.29 is 9.90 Å². The molecule has 1 saturated heterocycles. The Labute approximate surface area is 216 Å². The molecule has 3 N–H and O–H groups in total. The van der Waals surface area contributed by atoms with Crippen LogP contribution in [0.3, 0.4) is 0 Å². The lowest BCUT2D eigenvalue weighted by atomic mass is 10.0. The van der Waals surface area contributed by atoms with Gasteiger partial charge in [-0.15, -0.1) is 5.10 Å². The summed E-state index contributed by atoms with van der Waals surface area (Å²) in [6, 6.07) is 18.8. The molecule has 0 radical (unpaired) electrons. The van der Waals surface area contributed by atoms with Gasteiger partial charge in [-0.05, 0) is 56.0 Å². The first-order chi connectivity index (χ1) is 18.1. The lowest BCUT2D eigenvalue weighted by Gasteiger charge is -2.26. The number of aliphatic hydroxyl groups is 1. The number of nitrogens with zero attached hydrogens (tertiary/aromatic N) is 5. The fraction of sp³-hybridized carbons (Fsp3) is 0.357. The van der Waals surface area contributed by atoms with Crippen LogP contribution in [0.4, 0.5) is 11.6 Å². The standard InChI is InChI=1S/C28H33N7O2/c1-3-21(31-28(37)18-36)16-29-25-11-5-9-22(32-25)24-17-30-26-12-13-27(33-35(24)26)34-14-6-10-23(34)20-8-4-7-19(2)15-20/h4-5,7-9,11-13,15,17,21,23,36H,3,6,10,14,16,18H2,1-2H3,(H,29,32)(H,31,37)/t21-,23?/m1/s1. The van der Waals surface area contributed by atoms with Gasteiger partial charge in [-0.25, -0.2) is 14.5 Å². The third kappa shape index (κ3) is 5.41. The van der Waals surface area contributed by atoms with Gasteiger partial charge in [0.05, 0.1) is 17.9 Å². The SMILES string of the molecule is CC[C@H](CNc1cccc(-c2cnc3ccc(N4CCCC4c4cccc(C)c4)nn23)n1)NC(=O)CO. The summed E-state index contributed by atoms with van der Waals surface area (Å²) in [7, 11) is 0. The molecule has 2 atom stereocenters. The van der Waals surface area contributed by atoms with E-state index < -0.39 is 6.61 Å². The number of hydrogen-bond donors (Lipinski definition) is 3. The Bertz CT molecular complexity index is 1390. The van der Waals surface area contributed by atoms with Crippen LogP contribution in [0.1, 0.15) is 43.4 Å². The van der Waals surface area contributed by atoms with Crippen molar-refractivity contribution in [2.75, 3.05) is 29.9 Å². The van der Waals surface area contributed by atoms with Gasteiger partial charge < -0.3 is 20.6 Å². The quantitative estimate of drug-likeness (QED) is 0.322. The van der Waals surface area contributed by atoms with Crippen molar-refractivity contribution in [2.45, 2.75) is 45.2 Å². The lowest BCUT2D eigenvalue weighted by Crippen LogP contribution is -2.40. The van der Waals surface area contributed by atoms with Crippen LogP contribution >= 0.6 is 0 Å². The first kappa shape index (κ1) is 24.7. The van der Waals surface area contributed by atoms with Crippen molar-refractivity contribution in [3.05, 3.63) is 71.9 Å². The smallest absolute Gasteiger partial charge is 0.245 e. The molecule has 192 valence electrons. The van der Waals surface area contributed by atoms with Gasteiger partial charge in [-0.2, -0.15) is 0 Å². The summed E-state index contributed by atoms with van der Waals surface area (Å²) in [4.78, 5) is 23.3. The number of aliphatic hydroxyl groups excluding tert-OH is 1. The molecule has 4 aromatic rings. The highest BCUT2D eigenvalue weighted by molar-refractivity contribution is 5.77. The van der Waals surface area contributed by atoms with Crippen molar-refractivity contribution in [1.82, 2.24) is 24.9 Å². The number of nitrogens with one attached hydrogen (secondary N) is 2. The van der Waals surface area contributed by atoms with Crippen LogP contribution < -0.4 is 15.5 Å². The Morgan fingerprint density at radius 3 is 2.86 bits per heavy atom. The van der Waals surface area contributed by atoms with E-state index in [-0.39, 0.29) is 11.9 Å². The van der Waals surface area contributed by atoms with E-state index in [4.69, 9.17) is 15.2 Å². The van der Waals surface area contributed by atoms with Gasteiger partial charge >= 0.3 is 0 Å². The molecule has 0 spiro atoms. The lowest BCUT2D eigenvalue weighted by molar-refractivity contribution is -0.124. The average Bonchev–Trinajstić information content (AvgIpc) is 3.58. The number of pyridine rings is 1. The number of rotatable bonds is 9. The maximum absolute atomic E-state index is 11.5. The van der Waals surface area contributed by atoms with Gasteiger partial charge in [0, 0.05) is 19.1 Å². The third-order valence-corrected chi connectivity index (χ3v) is 6.86. The highest BCUT2D eigenvalue weighted by atomic mass is 16.3. The van der Waals surface area contributed by atoms with Crippen LogP contribution in [0.5, 0.6) is 0 Å². The monoisotopic (exact) mass is 499 g/mol. The van der Waals surface area contributed by atoms with E-state index in [1.165, 1.54) is 11.1 Å². The predicted octanol–water partition coefficient (Wildman–Crippen LogP) is 3.74. The van der Waals surface area contributed by atoms with Crippen LogP contribution in [0.2, 0.25) is 0 Å². The zero-order chi connectivity index (χ0) is 25.8. The Balaban J connectivity index is 1.39. The summed E-state index contributed by atoms with van der Waals surface area (Å²) in [5.74, 6) is 1.24. The van der Waals surface area contributed by atoms with Gasteiger partial charge in [-0.3, -0.25) is 4.79 Å². The first-order valence-corrected chi connectivity index (χ1v) is 12.8. The molecule has 0 saturated carbocycles. The summed E-state index contributed by atoms with van der Waals surface area (Å²) >= 11 is 0. The van der Waals surface area contributed by atoms with Crippen molar-refractivity contribution in [2.24, 2.45) is 0 Å². The number of anilines is 2. The first-order valence-electron chi connectivity index (χ1n) is 12.8. The van der Waals surface area contributed by atoms with Gasteiger partial charge in [0.1, 0.15) is 23.9 Å². The van der Waals surface area contributed by atoms with Gasteiger partial charge in [0.2, 0.25) is 5.91 Å². The molecular formula is C28H33N7O2. The van der Waals surface area contributed by atoms with Crippen LogP contribution in [-0.2, 0) is 4.79 Å². The van der Waals surface area contributed by atoms with Gasteiger partial charge in [0.15, 0.2) is 5.65 Å². The highest BCUT2D eigenvalue weighted by Gasteiger charge is 2.27. The highest BCUT2D eigenvalue weighted by Crippen LogP contribution is 2.35. The van der Waals surface area contributed by atoms with Crippen molar-refractivity contribution >= 4 is 23.2 Å². The molecule has 3 aromatic heterocycles. The Hall–Kier alpha value is -3.98. The number of imidazole rings is 1. The number of carbonyl (C=O) groups excluding carboxylic acids is 1. The molecule has 1 aromatic carbocycles. The number of aryl methyl sites for hydroxylation is 1. The van der Waals surface area contributed by atoms with Crippen molar-refractivity contribution in [3.8, 4) is 11.4 Å². The normalized spacial score (nSPS) is 16.2. The zero-order valence-electron chi connectivity index (χ0n) is 21.3. The molecule has 1 fully saturated rings. The summed E-state index contributed by atoms with van der Waals surface area (Å²) in [5, 5.41) is 20.1. The molecule has 37 heavy (non-hydrogen) atoms. The number of amides is 1. The molecule has 9 heteroatoms. The number of aromatic nitrogens is 4. The molecule has 4 heterocycles. The maximum Gasteiger partial charge on any atom is 0.245 e. The topological polar surface area (TPSA) is 108 Å². The Kier molecular flexibility index (Phi) is 7.32. The molecule has 0 aliphatic carbocycles. The van der Waals surface area contributed by atoms with E-state index in [0.29, 0.717) is 18.4 Å². The van der Waals surface area contributed by atoms with Crippen LogP contribution in [-0.4, -0.2) is 56.3 Å². The molecule has 1 amide bonds. The summed E-state index contributed by atoms with van der Waals surface area (Å²) in [6.45, 7) is 5.07. The van der Waals surface area contributed by atoms with E-state index in [2.05, 4.69) is 57.8 Å². The van der Waals surface area contributed by atoms with Gasteiger partial charge in [-0.1, -0.05) is 42.8 Å². The Morgan fingerprint density at radius 2 is 2.05 bits per heavy atom. The predicted molar refractivity (Wildman–Crippen MR) is 145 cm³/mol. The molecular weight excluding hydrogens is 466 g/mol. The Morgan fingerprint density at radius 1 is 1.19 bits per heavy atom. The minimum absolute atomic E-state index is 0.105. The van der Waals surface area contributed by atoms with Crippen LogP contribution in [0, 0.1) is 6.92 Å². The minimum atomic E-state index is -0.517. The number of benzene rings is 1. The second-order valence-corrected chi connectivity index (χ2v) is 9.49. The second-order valence-electron chi connectivity index (χ2n) is 9.49. The van der Waals surface area contributed by atoms with Gasteiger partial charge in [0.25, 0.3) is 0 Å². The van der Waals surface area contributed by atoms with E-state index in [9.17, 15) is 4.79 Å². The molecule has 1 unspecified atom stereocenters. The van der Waals surface area contributed by atoms with E-state index in [1.807, 2.05) is 35.7 Å². The van der Waals surface area contributed by atoms with Crippen molar-refractivity contribution in [1.29, 1.82) is 0 Å². The average molecular weight is 500 g/mol. The number of fused-ring (bicyclic) bond motifs is 1. The maximum atomic E-state index is 11.5. The molecule has 5 rings (SSSR count). The van der Waals surface area contributed by atoms with Crippen LogP contribution in [0.15, 0.2) is 60.8 Å². The minimum Gasteiger partial charge on any atom is -0.387 e. The van der Waals surface area contributed by atoms with E-state index in [0.717, 1.165) is 48.7 Å². The second kappa shape index (κ2) is 11.0. The van der Waals surface area contributed by atoms with E-state index in [1.54, 1.807) is 6.20 Å². The number of carbonyl (C=O) groups is 1. The fourth-order valence-corrected chi connectivity index (χ4v) is 4.93. The summed E-state index contributed by atoms with van der Waals surface area (Å²) < 4.78 is 1.86. The summed E-state index contributed by atoms with van der Waals surface area (Å²) in [6.07, 6.45) is 4.77. The third-order valence-electron chi connectivity index (χ3n) is 6.86. The van der Waals surface area contributed by atoms with E-state index >= 15 is 0 Å². The summed E-state index contributed by atoms with van der Waals surface area (Å²) in [5.41, 5.74) is 4.93. The van der Waals surface area contributed by atoms with Crippen LogP contribution in [0.25, 0.3) is 17.0 Å². The molecule has 1 aliphatic heterocycles. The molecule has 1 aliphatic rings. The molecule has 9 nitrogen and oxygen atoms in total. The number of hydrogen-bond acceptors (Lipinski definition) is 7. The molecule has 0 bridgehead atoms. The fourth-order valence-electron chi connectivity index (χ4n) is 4.93. The zero-order valence-corrected chi connectivity index (χ0v) is 21.3. The van der Waals surface area contributed by atoms with Crippen molar-refractivity contribution in [3.63, 3.8) is 0 Å².